The van der Waals surface area contributed by atoms with Crippen LogP contribution in [0.4, 0.5) is 5.69 Å². The number of hydrogen-bond donors (Lipinski definition) is 1. The number of hydrogen-bond acceptors (Lipinski definition) is 6. The molecule has 2 aromatic carbocycles. The SMILES string of the molecule is CN(CCCNC(=O)COc1ccc(S(=O)(=O)N2CCOCC2)cc1)c1ccccc1. The molecule has 1 saturated heterocycles. The highest BCUT2D eigenvalue weighted by atomic mass is 32.2. The van der Waals surface area contributed by atoms with Crippen molar-refractivity contribution in [1.82, 2.24) is 9.62 Å². The number of anilines is 1. The highest BCUT2D eigenvalue weighted by molar-refractivity contribution is 7.89. The number of rotatable bonds is 10. The first-order chi connectivity index (χ1) is 15.0. The van der Waals surface area contributed by atoms with Crippen LogP contribution < -0.4 is 15.0 Å². The van der Waals surface area contributed by atoms with Gasteiger partial charge in [0.05, 0.1) is 18.1 Å². The lowest BCUT2D eigenvalue weighted by molar-refractivity contribution is -0.123. The van der Waals surface area contributed by atoms with E-state index in [1.165, 1.54) is 16.4 Å². The lowest BCUT2D eigenvalue weighted by Gasteiger charge is -2.26. The minimum Gasteiger partial charge on any atom is -0.484 e. The van der Waals surface area contributed by atoms with Crippen molar-refractivity contribution in [2.75, 3.05) is 57.9 Å². The molecule has 1 aliphatic rings. The maximum atomic E-state index is 12.6. The van der Waals surface area contributed by atoms with E-state index in [-0.39, 0.29) is 17.4 Å². The summed E-state index contributed by atoms with van der Waals surface area (Å²) < 4.78 is 37.3. The van der Waals surface area contributed by atoms with Gasteiger partial charge in [0.2, 0.25) is 10.0 Å². The molecule has 0 spiro atoms. The molecule has 0 aromatic heterocycles. The Kier molecular flexibility index (Phi) is 8.27. The van der Waals surface area contributed by atoms with Crippen molar-refractivity contribution in [2.24, 2.45) is 0 Å². The molecule has 168 valence electrons. The van der Waals surface area contributed by atoms with Crippen LogP contribution in [0.2, 0.25) is 0 Å². The van der Waals surface area contributed by atoms with E-state index in [0.29, 0.717) is 38.6 Å². The second-order valence-corrected chi connectivity index (χ2v) is 9.18. The summed E-state index contributed by atoms with van der Waals surface area (Å²) >= 11 is 0. The Hall–Kier alpha value is -2.62. The Bertz CT molecular complexity index is 929. The van der Waals surface area contributed by atoms with Crippen molar-refractivity contribution >= 4 is 21.6 Å². The highest BCUT2D eigenvalue weighted by Gasteiger charge is 2.26. The fraction of sp³-hybridized carbons (Fsp3) is 0.409. The van der Waals surface area contributed by atoms with Gasteiger partial charge >= 0.3 is 0 Å². The Balaban J connectivity index is 1.38. The molecule has 0 bridgehead atoms. The molecule has 9 heteroatoms. The maximum Gasteiger partial charge on any atom is 0.257 e. The van der Waals surface area contributed by atoms with Gasteiger partial charge in [-0.3, -0.25) is 4.79 Å². The van der Waals surface area contributed by atoms with Crippen molar-refractivity contribution in [3.63, 3.8) is 0 Å². The fourth-order valence-corrected chi connectivity index (χ4v) is 4.61. The van der Waals surface area contributed by atoms with Gasteiger partial charge in [-0.1, -0.05) is 18.2 Å². The first-order valence-corrected chi connectivity index (χ1v) is 11.7. The molecular weight excluding hydrogens is 418 g/mol. The quantitative estimate of drug-likeness (QED) is 0.558. The van der Waals surface area contributed by atoms with E-state index in [1.54, 1.807) is 12.1 Å². The molecular formula is C22H29N3O5S. The number of morpholine rings is 1. The number of nitrogens with zero attached hydrogens (tertiary/aromatic N) is 2. The van der Waals surface area contributed by atoms with Crippen LogP contribution in [0.3, 0.4) is 0 Å². The Morgan fingerprint density at radius 2 is 1.77 bits per heavy atom. The van der Waals surface area contributed by atoms with E-state index in [4.69, 9.17) is 9.47 Å². The Labute approximate surface area is 183 Å². The predicted molar refractivity (Wildman–Crippen MR) is 119 cm³/mol. The van der Waals surface area contributed by atoms with Crippen molar-refractivity contribution < 1.29 is 22.7 Å². The molecule has 1 amide bonds. The van der Waals surface area contributed by atoms with Gasteiger partial charge in [-0.25, -0.2) is 8.42 Å². The van der Waals surface area contributed by atoms with Gasteiger partial charge in [0.15, 0.2) is 6.61 Å². The van der Waals surface area contributed by atoms with E-state index >= 15 is 0 Å². The number of para-hydroxylation sites is 1. The van der Waals surface area contributed by atoms with Gasteiger partial charge in [-0.2, -0.15) is 4.31 Å². The summed E-state index contributed by atoms with van der Waals surface area (Å²) in [4.78, 5) is 14.3. The average molecular weight is 448 g/mol. The van der Waals surface area contributed by atoms with Gasteiger partial charge in [-0.15, -0.1) is 0 Å². The van der Waals surface area contributed by atoms with Crippen LogP contribution >= 0.6 is 0 Å². The van der Waals surface area contributed by atoms with E-state index in [9.17, 15) is 13.2 Å². The monoisotopic (exact) mass is 447 g/mol. The van der Waals surface area contributed by atoms with Crippen LogP contribution in [0.5, 0.6) is 5.75 Å². The minimum absolute atomic E-state index is 0.121. The van der Waals surface area contributed by atoms with Crippen molar-refractivity contribution in [2.45, 2.75) is 11.3 Å². The Morgan fingerprint density at radius 1 is 1.10 bits per heavy atom. The van der Waals surface area contributed by atoms with Crippen LogP contribution in [-0.2, 0) is 19.6 Å². The van der Waals surface area contributed by atoms with E-state index in [0.717, 1.165) is 18.7 Å². The molecule has 1 heterocycles. The molecule has 2 aromatic rings. The number of ether oxygens (including phenoxy) is 2. The molecule has 8 nitrogen and oxygen atoms in total. The highest BCUT2D eigenvalue weighted by Crippen LogP contribution is 2.20. The van der Waals surface area contributed by atoms with Gasteiger partial charge in [0.1, 0.15) is 5.75 Å². The smallest absolute Gasteiger partial charge is 0.257 e. The minimum atomic E-state index is -3.54. The topological polar surface area (TPSA) is 88.2 Å². The number of benzene rings is 2. The van der Waals surface area contributed by atoms with E-state index < -0.39 is 10.0 Å². The third-order valence-electron chi connectivity index (χ3n) is 4.99. The summed E-state index contributed by atoms with van der Waals surface area (Å²) in [6.07, 6.45) is 0.811. The van der Waals surface area contributed by atoms with Crippen LogP contribution in [0.15, 0.2) is 59.5 Å². The van der Waals surface area contributed by atoms with Gasteiger partial charge < -0.3 is 19.7 Å². The fourth-order valence-electron chi connectivity index (χ4n) is 3.20. The summed E-state index contributed by atoms with van der Waals surface area (Å²) in [6, 6.07) is 16.2. The van der Waals surface area contributed by atoms with Crippen LogP contribution in [0, 0.1) is 0 Å². The lowest BCUT2D eigenvalue weighted by Crippen LogP contribution is -2.40. The average Bonchev–Trinajstić information content (AvgIpc) is 2.81. The summed E-state index contributed by atoms with van der Waals surface area (Å²) in [7, 11) is -1.52. The molecule has 3 rings (SSSR count). The van der Waals surface area contributed by atoms with Gasteiger partial charge in [0.25, 0.3) is 5.91 Å². The zero-order valence-corrected chi connectivity index (χ0v) is 18.5. The molecule has 1 N–H and O–H groups in total. The maximum absolute atomic E-state index is 12.6. The molecule has 31 heavy (non-hydrogen) atoms. The second kappa shape index (κ2) is 11.1. The molecule has 0 unspecified atom stereocenters. The lowest BCUT2D eigenvalue weighted by atomic mass is 10.3. The molecule has 0 aliphatic carbocycles. The van der Waals surface area contributed by atoms with Crippen molar-refractivity contribution in [3.8, 4) is 5.75 Å². The molecule has 0 radical (unpaired) electrons. The summed E-state index contributed by atoms with van der Waals surface area (Å²) in [5.74, 6) is 0.229. The second-order valence-electron chi connectivity index (χ2n) is 7.24. The summed E-state index contributed by atoms with van der Waals surface area (Å²) in [5.41, 5.74) is 1.14. The van der Waals surface area contributed by atoms with Gasteiger partial charge in [0, 0.05) is 38.9 Å². The number of amides is 1. The molecule has 1 fully saturated rings. The third-order valence-corrected chi connectivity index (χ3v) is 6.90. The van der Waals surface area contributed by atoms with Gasteiger partial charge in [-0.05, 0) is 42.8 Å². The number of nitrogens with one attached hydrogen (secondary N) is 1. The number of sulfonamides is 1. The standard InChI is InChI=1S/C22H29N3O5S/c1-24(19-6-3-2-4-7-19)13-5-12-23-22(26)18-30-20-8-10-21(11-9-20)31(27,28)25-14-16-29-17-15-25/h2-4,6-11H,5,12-18H2,1H3,(H,23,26). The normalized spacial score (nSPS) is 14.7. The summed E-state index contributed by atoms with van der Waals surface area (Å²) in [5, 5.41) is 2.83. The van der Waals surface area contributed by atoms with E-state index in [1.807, 2.05) is 37.4 Å². The number of carbonyl (C=O) groups excluding carboxylic acids is 1. The van der Waals surface area contributed by atoms with Crippen LogP contribution in [0.25, 0.3) is 0 Å². The van der Waals surface area contributed by atoms with Crippen LogP contribution in [0.1, 0.15) is 6.42 Å². The largest absolute Gasteiger partial charge is 0.484 e. The first-order valence-electron chi connectivity index (χ1n) is 10.3. The zero-order chi connectivity index (χ0) is 22.1. The summed E-state index contributed by atoms with van der Waals surface area (Å²) in [6.45, 7) is 2.75. The number of carbonyl (C=O) groups is 1. The van der Waals surface area contributed by atoms with Crippen molar-refractivity contribution in [3.05, 3.63) is 54.6 Å². The van der Waals surface area contributed by atoms with Crippen molar-refractivity contribution in [1.29, 1.82) is 0 Å². The van der Waals surface area contributed by atoms with Crippen LogP contribution in [-0.4, -0.2) is 71.7 Å². The molecule has 0 atom stereocenters. The third kappa shape index (κ3) is 6.68. The zero-order valence-electron chi connectivity index (χ0n) is 17.7. The Morgan fingerprint density at radius 3 is 2.45 bits per heavy atom. The first kappa shape index (κ1) is 23.1. The molecule has 1 aliphatic heterocycles. The molecule has 0 saturated carbocycles. The predicted octanol–water partition coefficient (Wildman–Crippen LogP) is 1.73. The van der Waals surface area contributed by atoms with E-state index in [2.05, 4.69) is 10.2 Å².